The van der Waals surface area contributed by atoms with Crippen LogP contribution in [0.4, 0.5) is 0 Å². The molecule has 0 aliphatic rings. The summed E-state index contributed by atoms with van der Waals surface area (Å²) in [6.07, 6.45) is 0. The Hall–Kier alpha value is -2.40. The van der Waals surface area contributed by atoms with Crippen molar-refractivity contribution in [2.75, 3.05) is 13.2 Å². The molecule has 0 atom stereocenters. The maximum atomic E-state index is 5.46. The van der Waals surface area contributed by atoms with Gasteiger partial charge in [0.2, 0.25) is 0 Å². The molecule has 0 saturated heterocycles. The topological polar surface area (TPSA) is 18.5 Å². The van der Waals surface area contributed by atoms with E-state index in [4.69, 9.17) is 9.47 Å². The zero-order chi connectivity index (χ0) is 14.2. The Morgan fingerprint density at radius 3 is 1.60 bits per heavy atom. The molecule has 0 heterocycles. The second-order valence-electron chi connectivity index (χ2n) is 4.17. The first kappa shape index (κ1) is 14.0. The summed E-state index contributed by atoms with van der Waals surface area (Å²) in [5.41, 5.74) is 1.88. The number of benzene rings is 2. The Morgan fingerprint density at radius 1 is 0.750 bits per heavy atom. The minimum absolute atomic E-state index is 0.660. The van der Waals surface area contributed by atoms with Crippen molar-refractivity contribution in [2.24, 2.45) is 0 Å². The van der Waals surface area contributed by atoms with Gasteiger partial charge in [-0.25, -0.2) is 0 Å². The van der Waals surface area contributed by atoms with Gasteiger partial charge >= 0.3 is 0 Å². The molecule has 2 rings (SSSR count). The molecule has 0 amide bonds. The van der Waals surface area contributed by atoms with Crippen LogP contribution in [0.25, 0.3) is 0 Å². The van der Waals surface area contributed by atoms with Gasteiger partial charge in [-0.2, -0.15) is 0 Å². The summed E-state index contributed by atoms with van der Waals surface area (Å²) in [5, 5.41) is 0. The van der Waals surface area contributed by atoms with Crippen molar-refractivity contribution < 1.29 is 9.47 Å². The minimum Gasteiger partial charge on any atom is -0.494 e. The van der Waals surface area contributed by atoms with Crippen molar-refractivity contribution in [3.8, 4) is 23.3 Å². The molecular formula is C18H18O2. The summed E-state index contributed by atoms with van der Waals surface area (Å²) in [7, 11) is 0. The first-order valence-electron chi connectivity index (χ1n) is 6.79. The lowest BCUT2D eigenvalue weighted by molar-refractivity contribution is 0.340. The minimum atomic E-state index is 0.660. The average Bonchev–Trinajstić information content (AvgIpc) is 2.47. The van der Waals surface area contributed by atoms with Crippen molar-refractivity contribution in [1.29, 1.82) is 0 Å². The summed E-state index contributed by atoms with van der Waals surface area (Å²) < 4.78 is 10.9. The molecule has 2 aromatic rings. The number of rotatable bonds is 4. The maximum Gasteiger partial charge on any atom is 0.120 e. The molecule has 0 saturated carbocycles. The average molecular weight is 266 g/mol. The van der Waals surface area contributed by atoms with Gasteiger partial charge in [-0.1, -0.05) is 24.0 Å². The van der Waals surface area contributed by atoms with Crippen LogP contribution < -0.4 is 9.47 Å². The number of hydrogen-bond acceptors (Lipinski definition) is 2. The summed E-state index contributed by atoms with van der Waals surface area (Å²) in [5.74, 6) is 7.99. The highest BCUT2D eigenvalue weighted by molar-refractivity contribution is 5.46. The van der Waals surface area contributed by atoms with Gasteiger partial charge in [0.1, 0.15) is 11.5 Å². The molecule has 0 bridgehead atoms. The van der Waals surface area contributed by atoms with Crippen LogP contribution in [0.5, 0.6) is 11.5 Å². The second kappa shape index (κ2) is 7.25. The van der Waals surface area contributed by atoms with Gasteiger partial charge in [-0.3, -0.25) is 0 Å². The summed E-state index contributed by atoms with van der Waals surface area (Å²) in [4.78, 5) is 0. The standard InChI is InChI=1S/C18H18O2/c1-3-19-17-9-5-7-15(13-17)11-12-16-8-6-10-18(14-16)20-4-2/h5-10,13-14H,3-4H2,1-2H3. The molecule has 0 aliphatic heterocycles. The van der Waals surface area contributed by atoms with E-state index in [1.165, 1.54) is 0 Å². The van der Waals surface area contributed by atoms with Crippen molar-refractivity contribution in [2.45, 2.75) is 13.8 Å². The van der Waals surface area contributed by atoms with Crippen LogP contribution in [-0.2, 0) is 0 Å². The molecule has 0 radical (unpaired) electrons. The summed E-state index contributed by atoms with van der Waals surface area (Å²) in [6.45, 7) is 5.26. The van der Waals surface area contributed by atoms with E-state index in [1.54, 1.807) is 0 Å². The van der Waals surface area contributed by atoms with Gasteiger partial charge in [-0.05, 0) is 50.2 Å². The third-order valence-electron chi connectivity index (χ3n) is 2.64. The largest absolute Gasteiger partial charge is 0.494 e. The second-order valence-corrected chi connectivity index (χ2v) is 4.17. The Morgan fingerprint density at radius 2 is 1.20 bits per heavy atom. The molecule has 2 aromatic carbocycles. The zero-order valence-corrected chi connectivity index (χ0v) is 11.8. The smallest absolute Gasteiger partial charge is 0.120 e. The highest BCUT2D eigenvalue weighted by Crippen LogP contribution is 2.14. The van der Waals surface area contributed by atoms with E-state index in [9.17, 15) is 0 Å². The fourth-order valence-electron chi connectivity index (χ4n) is 1.80. The van der Waals surface area contributed by atoms with E-state index in [1.807, 2.05) is 62.4 Å². The van der Waals surface area contributed by atoms with Crippen molar-refractivity contribution in [3.05, 3.63) is 59.7 Å². The van der Waals surface area contributed by atoms with Crippen LogP contribution in [0, 0.1) is 11.8 Å². The lowest BCUT2D eigenvalue weighted by Gasteiger charge is -2.02. The molecule has 2 nitrogen and oxygen atoms in total. The van der Waals surface area contributed by atoms with E-state index in [2.05, 4.69) is 11.8 Å². The highest BCUT2D eigenvalue weighted by atomic mass is 16.5. The lowest BCUT2D eigenvalue weighted by atomic mass is 10.1. The Labute approximate surface area is 120 Å². The molecule has 20 heavy (non-hydrogen) atoms. The van der Waals surface area contributed by atoms with Crippen LogP contribution in [0.2, 0.25) is 0 Å². The molecule has 0 aromatic heterocycles. The molecule has 102 valence electrons. The van der Waals surface area contributed by atoms with Crippen molar-refractivity contribution in [3.63, 3.8) is 0 Å². The van der Waals surface area contributed by atoms with Crippen molar-refractivity contribution >= 4 is 0 Å². The molecule has 0 N–H and O–H groups in total. The van der Waals surface area contributed by atoms with Gasteiger partial charge in [0, 0.05) is 11.1 Å². The monoisotopic (exact) mass is 266 g/mol. The fourth-order valence-corrected chi connectivity index (χ4v) is 1.80. The van der Waals surface area contributed by atoms with Crippen LogP contribution in [-0.4, -0.2) is 13.2 Å². The number of ether oxygens (including phenoxy) is 2. The third kappa shape index (κ3) is 4.07. The van der Waals surface area contributed by atoms with Gasteiger partial charge in [0.25, 0.3) is 0 Å². The molecule has 0 fully saturated rings. The first-order chi connectivity index (χ1) is 9.81. The van der Waals surface area contributed by atoms with Gasteiger partial charge in [0.05, 0.1) is 13.2 Å². The van der Waals surface area contributed by atoms with E-state index in [0.29, 0.717) is 13.2 Å². The van der Waals surface area contributed by atoms with Crippen LogP contribution in [0.15, 0.2) is 48.5 Å². The van der Waals surface area contributed by atoms with Crippen LogP contribution in [0.1, 0.15) is 25.0 Å². The van der Waals surface area contributed by atoms with Crippen LogP contribution in [0.3, 0.4) is 0 Å². The van der Waals surface area contributed by atoms with E-state index in [0.717, 1.165) is 22.6 Å². The van der Waals surface area contributed by atoms with Gasteiger partial charge in [-0.15, -0.1) is 0 Å². The predicted octanol–water partition coefficient (Wildman–Crippen LogP) is 3.88. The van der Waals surface area contributed by atoms with E-state index < -0.39 is 0 Å². The van der Waals surface area contributed by atoms with Gasteiger partial charge < -0.3 is 9.47 Å². The molecule has 2 heteroatoms. The van der Waals surface area contributed by atoms with Crippen molar-refractivity contribution in [1.82, 2.24) is 0 Å². The SMILES string of the molecule is CCOc1cccc(C#Cc2cccc(OCC)c2)c1. The Bertz CT molecular complexity index is 567. The maximum absolute atomic E-state index is 5.46. The molecule has 0 spiro atoms. The van der Waals surface area contributed by atoms with Crippen LogP contribution >= 0.6 is 0 Å². The number of hydrogen-bond donors (Lipinski definition) is 0. The normalized spacial score (nSPS) is 9.50. The highest BCUT2D eigenvalue weighted by Gasteiger charge is 1.95. The predicted molar refractivity (Wildman–Crippen MR) is 81.2 cm³/mol. The fraction of sp³-hybridized carbons (Fsp3) is 0.222. The zero-order valence-electron chi connectivity index (χ0n) is 11.8. The Balaban J connectivity index is 2.17. The van der Waals surface area contributed by atoms with E-state index >= 15 is 0 Å². The molecule has 0 unspecified atom stereocenters. The van der Waals surface area contributed by atoms with Gasteiger partial charge in [0.15, 0.2) is 0 Å². The Kier molecular flexibility index (Phi) is 5.08. The first-order valence-corrected chi connectivity index (χ1v) is 6.79. The third-order valence-corrected chi connectivity index (χ3v) is 2.64. The summed E-state index contributed by atoms with van der Waals surface area (Å²) in [6, 6.07) is 15.6. The molecule has 0 aliphatic carbocycles. The lowest BCUT2D eigenvalue weighted by Crippen LogP contribution is -1.91. The quantitative estimate of drug-likeness (QED) is 0.782. The van der Waals surface area contributed by atoms with E-state index in [-0.39, 0.29) is 0 Å². The molecular weight excluding hydrogens is 248 g/mol. The summed E-state index contributed by atoms with van der Waals surface area (Å²) >= 11 is 0.